The second kappa shape index (κ2) is 6.58. The topological polar surface area (TPSA) is 68.8 Å². The molecule has 0 aliphatic heterocycles. The smallest absolute Gasteiger partial charge is 0.121 e. The van der Waals surface area contributed by atoms with Gasteiger partial charge in [0.15, 0.2) is 0 Å². The molecular weight excluding hydrogens is 350 g/mol. The largest absolute Gasteiger partial charge is 0.382 e. The Kier molecular flexibility index (Phi) is 3.91. The quantitative estimate of drug-likeness (QED) is 0.527. The third-order valence-corrected chi connectivity index (χ3v) is 5.25. The molecule has 1 N–H and O–H groups in total. The van der Waals surface area contributed by atoms with Crippen molar-refractivity contribution >= 4 is 21.9 Å². The summed E-state index contributed by atoms with van der Waals surface area (Å²) in [5.74, 6) is 0. The minimum atomic E-state index is -0.782. The van der Waals surface area contributed by atoms with Gasteiger partial charge in [0.2, 0.25) is 0 Å². The van der Waals surface area contributed by atoms with Crippen molar-refractivity contribution in [1.29, 1.82) is 0 Å². The molecule has 3 heterocycles. The molecule has 0 spiro atoms. The van der Waals surface area contributed by atoms with Crippen LogP contribution in [0.25, 0.3) is 21.9 Å². The first-order valence-corrected chi connectivity index (χ1v) is 9.16. The summed E-state index contributed by atoms with van der Waals surface area (Å²) in [7, 11) is 1.99. The van der Waals surface area contributed by atoms with Crippen LogP contribution in [0.15, 0.2) is 73.1 Å². The van der Waals surface area contributed by atoms with Gasteiger partial charge in [-0.3, -0.25) is 4.98 Å². The standard InChI is InChI=1S/C22H19N5O/c1-26-19-10-4-2-8-16(19)17(21(26)22(28)15-7-6-12-23-13-15)14-27-20-11-5-3-9-18(20)24-25-27/h2-13,22,28H,14H2,1H3. The van der Waals surface area contributed by atoms with E-state index in [9.17, 15) is 5.11 Å². The van der Waals surface area contributed by atoms with Gasteiger partial charge in [0.25, 0.3) is 0 Å². The van der Waals surface area contributed by atoms with Crippen molar-refractivity contribution in [3.63, 3.8) is 0 Å². The van der Waals surface area contributed by atoms with E-state index in [1.165, 1.54) is 0 Å². The average molecular weight is 369 g/mol. The van der Waals surface area contributed by atoms with Gasteiger partial charge in [0.1, 0.15) is 11.6 Å². The van der Waals surface area contributed by atoms with E-state index in [1.54, 1.807) is 12.4 Å². The molecule has 0 bridgehead atoms. The molecule has 2 aromatic carbocycles. The van der Waals surface area contributed by atoms with Crippen molar-refractivity contribution in [2.45, 2.75) is 12.6 Å². The SMILES string of the molecule is Cn1c(C(O)c2cccnc2)c(Cn2nnc3ccccc32)c2ccccc21. The average Bonchev–Trinajstić information content (AvgIpc) is 3.28. The second-order valence-corrected chi connectivity index (χ2v) is 6.86. The predicted molar refractivity (Wildman–Crippen MR) is 108 cm³/mol. The van der Waals surface area contributed by atoms with E-state index in [1.807, 2.05) is 60.3 Å². The molecule has 1 unspecified atom stereocenters. The van der Waals surface area contributed by atoms with Crippen LogP contribution in [0.3, 0.4) is 0 Å². The molecule has 6 nitrogen and oxygen atoms in total. The summed E-state index contributed by atoms with van der Waals surface area (Å²) >= 11 is 0. The monoisotopic (exact) mass is 369 g/mol. The number of nitrogens with zero attached hydrogens (tertiary/aromatic N) is 5. The normalized spacial score (nSPS) is 12.6. The minimum absolute atomic E-state index is 0.522. The van der Waals surface area contributed by atoms with E-state index < -0.39 is 6.10 Å². The minimum Gasteiger partial charge on any atom is -0.382 e. The summed E-state index contributed by atoms with van der Waals surface area (Å²) in [5, 5.41) is 20.9. The van der Waals surface area contributed by atoms with Crippen LogP contribution in [0.5, 0.6) is 0 Å². The van der Waals surface area contributed by atoms with E-state index in [2.05, 4.69) is 32.0 Å². The number of aryl methyl sites for hydroxylation is 1. The summed E-state index contributed by atoms with van der Waals surface area (Å²) < 4.78 is 3.94. The number of para-hydroxylation sites is 2. The van der Waals surface area contributed by atoms with E-state index in [4.69, 9.17) is 0 Å². The fourth-order valence-corrected chi connectivity index (χ4v) is 3.89. The lowest BCUT2D eigenvalue weighted by molar-refractivity contribution is 0.210. The van der Waals surface area contributed by atoms with Gasteiger partial charge in [-0.25, -0.2) is 4.68 Å². The first-order chi connectivity index (χ1) is 13.7. The molecule has 0 aliphatic carbocycles. The Balaban J connectivity index is 1.71. The molecule has 0 saturated heterocycles. The van der Waals surface area contributed by atoms with Gasteiger partial charge in [-0.1, -0.05) is 41.6 Å². The van der Waals surface area contributed by atoms with Gasteiger partial charge >= 0.3 is 0 Å². The van der Waals surface area contributed by atoms with Gasteiger partial charge < -0.3 is 9.67 Å². The van der Waals surface area contributed by atoms with Crippen LogP contribution in [0.1, 0.15) is 22.9 Å². The van der Waals surface area contributed by atoms with Crippen LogP contribution in [-0.2, 0) is 13.6 Å². The maximum absolute atomic E-state index is 11.2. The van der Waals surface area contributed by atoms with Crippen LogP contribution in [0, 0.1) is 0 Å². The highest BCUT2D eigenvalue weighted by atomic mass is 16.3. The molecule has 0 aliphatic rings. The molecule has 6 heteroatoms. The second-order valence-electron chi connectivity index (χ2n) is 6.86. The van der Waals surface area contributed by atoms with E-state index in [0.29, 0.717) is 6.54 Å². The maximum Gasteiger partial charge on any atom is 0.121 e. The summed E-state index contributed by atoms with van der Waals surface area (Å²) in [6, 6.07) is 19.8. The highest BCUT2D eigenvalue weighted by Crippen LogP contribution is 2.33. The Hall–Kier alpha value is -3.51. The third-order valence-electron chi connectivity index (χ3n) is 5.25. The van der Waals surface area contributed by atoms with Gasteiger partial charge in [-0.05, 0) is 24.3 Å². The molecule has 5 aromatic rings. The summed E-state index contributed by atoms with van der Waals surface area (Å²) in [5.41, 5.74) is 5.53. The van der Waals surface area contributed by atoms with Crippen molar-refractivity contribution in [3.05, 3.63) is 89.9 Å². The number of hydrogen-bond donors (Lipinski definition) is 1. The van der Waals surface area contributed by atoms with Crippen molar-refractivity contribution in [3.8, 4) is 0 Å². The van der Waals surface area contributed by atoms with Gasteiger partial charge in [-0.2, -0.15) is 0 Å². The molecular formula is C22H19N5O. The first-order valence-electron chi connectivity index (χ1n) is 9.16. The fourth-order valence-electron chi connectivity index (χ4n) is 3.89. The molecule has 0 radical (unpaired) electrons. The predicted octanol–water partition coefficient (Wildman–Crippen LogP) is 3.45. The summed E-state index contributed by atoms with van der Waals surface area (Å²) in [6.07, 6.45) is 2.63. The van der Waals surface area contributed by atoms with E-state index >= 15 is 0 Å². The lowest BCUT2D eigenvalue weighted by atomic mass is 10.0. The molecule has 138 valence electrons. The maximum atomic E-state index is 11.2. The van der Waals surface area contributed by atoms with Crippen LogP contribution >= 0.6 is 0 Å². The fraction of sp³-hybridized carbons (Fsp3) is 0.136. The highest BCUT2D eigenvalue weighted by Gasteiger charge is 2.23. The van der Waals surface area contributed by atoms with E-state index in [-0.39, 0.29) is 0 Å². The van der Waals surface area contributed by atoms with Crippen LogP contribution in [0.2, 0.25) is 0 Å². The highest BCUT2D eigenvalue weighted by molar-refractivity contribution is 5.86. The van der Waals surface area contributed by atoms with Gasteiger partial charge in [0, 0.05) is 41.5 Å². The lowest BCUT2D eigenvalue weighted by Gasteiger charge is -2.15. The zero-order valence-corrected chi connectivity index (χ0v) is 15.4. The summed E-state index contributed by atoms with van der Waals surface area (Å²) in [6.45, 7) is 0.522. The Morgan fingerprint density at radius 2 is 1.75 bits per heavy atom. The number of benzene rings is 2. The number of aliphatic hydroxyl groups is 1. The molecule has 28 heavy (non-hydrogen) atoms. The van der Waals surface area contributed by atoms with E-state index in [0.717, 1.165) is 38.8 Å². The molecule has 1 atom stereocenters. The van der Waals surface area contributed by atoms with Crippen molar-refractivity contribution in [2.75, 3.05) is 0 Å². The number of pyridine rings is 1. The number of aromatic nitrogens is 5. The molecule has 0 saturated carbocycles. The number of aliphatic hydroxyl groups excluding tert-OH is 1. The van der Waals surface area contributed by atoms with Gasteiger partial charge in [0.05, 0.1) is 17.8 Å². The molecule has 0 amide bonds. The first kappa shape index (κ1) is 16.6. The Morgan fingerprint density at radius 1 is 0.964 bits per heavy atom. The zero-order chi connectivity index (χ0) is 19.1. The Morgan fingerprint density at radius 3 is 2.57 bits per heavy atom. The lowest BCUT2D eigenvalue weighted by Crippen LogP contribution is -2.11. The van der Waals surface area contributed by atoms with Crippen molar-refractivity contribution in [2.24, 2.45) is 7.05 Å². The zero-order valence-electron chi connectivity index (χ0n) is 15.4. The van der Waals surface area contributed by atoms with Crippen molar-refractivity contribution in [1.82, 2.24) is 24.5 Å². The molecule has 0 fully saturated rings. The molecule has 5 rings (SSSR count). The number of hydrogen-bond acceptors (Lipinski definition) is 4. The van der Waals surface area contributed by atoms with Crippen molar-refractivity contribution < 1.29 is 5.11 Å². The Bertz CT molecular complexity index is 1270. The summed E-state index contributed by atoms with van der Waals surface area (Å²) in [4.78, 5) is 4.16. The third kappa shape index (κ3) is 2.58. The Labute approximate surface area is 161 Å². The molecule has 3 aromatic heterocycles. The number of rotatable bonds is 4. The van der Waals surface area contributed by atoms with Crippen LogP contribution in [0.4, 0.5) is 0 Å². The number of fused-ring (bicyclic) bond motifs is 2. The van der Waals surface area contributed by atoms with Crippen LogP contribution in [-0.4, -0.2) is 29.7 Å². The van der Waals surface area contributed by atoms with Crippen LogP contribution < -0.4 is 0 Å². The van der Waals surface area contributed by atoms with Gasteiger partial charge in [-0.15, -0.1) is 5.10 Å².